The minimum Gasteiger partial charge on any atom is -0.496 e. The molecule has 0 atom stereocenters. The summed E-state index contributed by atoms with van der Waals surface area (Å²) in [4.78, 5) is 4.45. The molecule has 2 aromatic heterocycles. The molecule has 0 aliphatic heterocycles. The van der Waals surface area contributed by atoms with Gasteiger partial charge in [-0.15, -0.1) is 0 Å². The van der Waals surface area contributed by atoms with E-state index in [-0.39, 0.29) is 10.6 Å². The quantitative estimate of drug-likeness (QED) is 0.351. The first kappa shape index (κ1) is 21.6. The molecule has 0 saturated heterocycles. The minimum atomic E-state index is -3.98. The number of anilines is 1. The van der Waals surface area contributed by atoms with Crippen molar-refractivity contribution in [2.45, 2.75) is 4.90 Å². The Morgan fingerprint density at radius 1 is 0.941 bits per heavy atom. The summed E-state index contributed by atoms with van der Waals surface area (Å²) in [6, 6.07) is 21.4. The Labute approximate surface area is 195 Å². The maximum absolute atomic E-state index is 13.5. The van der Waals surface area contributed by atoms with Crippen molar-refractivity contribution in [3.05, 3.63) is 90.9 Å². The van der Waals surface area contributed by atoms with Crippen molar-refractivity contribution in [2.24, 2.45) is 0 Å². The molecular weight excluding hydrogens is 455 g/mol. The first-order chi connectivity index (χ1) is 16.4. The normalized spacial score (nSPS) is 11.5. The Morgan fingerprint density at radius 3 is 2.53 bits per heavy atom. The van der Waals surface area contributed by atoms with Crippen LogP contribution in [0.15, 0.2) is 90.0 Å². The number of H-pyrrole nitrogens is 1. The Hall–Kier alpha value is -4.24. The minimum absolute atomic E-state index is 0.00290. The third kappa shape index (κ3) is 4.08. The van der Waals surface area contributed by atoms with Crippen LogP contribution in [0.2, 0.25) is 0 Å². The summed E-state index contributed by atoms with van der Waals surface area (Å²) in [6.07, 6.45) is 1.62. The lowest BCUT2D eigenvalue weighted by molar-refractivity contribution is 0.416. The van der Waals surface area contributed by atoms with E-state index in [1.54, 1.807) is 12.3 Å². The molecule has 3 aromatic carbocycles. The maximum atomic E-state index is 13.5. The van der Waals surface area contributed by atoms with Gasteiger partial charge in [-0.3, -0.25) is 9.82 Å². The molecule has 5 rings (SSSR count). The largest absolute Gasteiger partial charge is 0.496 e. The summed E-state index contributed by atoms with van der Waals surface area (Å²) in [5, 5.41) is 8.09. The fraction of sp³-hybridized carbons (Fsp3) is 0.0400. The summed E-state index contributed by atoms with van der Waals surface area (Å²) >= 11 is 0. The van der Waals surface area contributed by atoms with Crippen LogP contribution in [0.5, 0.6) is 5.75 Å². The summed E-state index contributed by atoms with van der Waals surface area (Å²) in [5.41, 5.74) is 3.63. The zero-order valence-electron chi connectivity index (χ0n) is 18.0. The molecule has 9 heteroatoms. The van der Waals surface area contributed by atoms with Crippen molar-refractivity contribution >= 4 is 26.7 Å². The summed E-state index contributed by atoms with van der Waals surface area (Å²) < 4.78 is 47.4. The van der Waals surface area contributed by atoms with Crippen LogP contribution >= 0.6 is 0 Å². The molecule has 0 radical (unpaired) electrons. The molecule has 0 amide bonds. The first-order valence-corrected chi connectivity index (χ1v) is 11.8. The highest BCUT2D eigenvalue weighted by Gasteiger charge is 2.19. The van der Waals surface area contributed by atoms with E-state index in [0.717, 1.165) is 22.7 Å². The topological polar surface area (TPSA) is 97.0 Å². The Balaban J connectivity index is 1.59. The highest BCUT2D eigenvalue weighted by molar-refractivity contribution is 7.92. The number of hydrogen-bond donors (Lipinski definition) is 2. The average molecular weight is 475 g/mol. The molecule has 0 fully saturated rings. The van der Waals surface area contributed by atoms with E-state index in [4.69, 9.17) is 4.74 Å². The van der Waals surface area contributed by atoms with Gasteiger partial charge >= 0.3 is 0 Å². The number of nitrogens with zero attached hydrogens (tertiary/aromatic N) is 2. The van der Waals surface area contributed by atoms with Crippen molar-refractivity contribution in [2.75, 3.05) is 11.8 Å². The van der Waals surface area contributed by atoms with Crippen molar-refractivity contribution in [3.8, 4) is 28.1 Å². The van der Waals surface area contributed by atoms with Crippen LogP contribution in [0.25, 0.3) is 33.4 Å². The lowest BCUT2D eigenvalue weighted by atomic mass is 10.0. The number of fused-ring (bicyclic) bond motifs is 1. The molecule has 5 aromatic rings. The molecule has 0 saturated carbocycles. The zero-order valence-corrected chi connectivity index (χ0v) is 18.8. The molecule has 0 bridgehead atoms. The fourth-order valence-corrected chi connectivity index (χ4v) is 4.79. The zero-order chi connectivity index (χ0) is 23.7. The number of ether oxygens (including phenoxy) is 1. The monoisotopic (exact) mass is 474 g/mol. The average Bonchev–Trinajstić information content (AvgIpc) is 3.27. The molecule has 34 heavy (non-hydrogen) atoms. The number of aromatic amines is 1. The van der Waals surface area contributed by atoms with Gasteiger partial charge in [0.1, 0.15) is 11.6 Å². The molecule has 2 heterocycles. The molecule has 2 N–H and O–H groups in total. The second-order valence-corrected chi connectivity index (χ2v) is 9.22. The number of pyridine rings is 1. The summed E-state index contributed by atoms with van der Waals surface area (Å²) in [7, 11) is -2.47. The number of methoxy groups -OCH3 is 1. The Kier molecular flexibility index (Phi) is 5.46. The van der Waals surface area contributed by atoms with Gasteiger partial charge in [0.15, 0.2) is 5.65 Å². The van der Waals surface area contributed by atoms with Gasteiger partial charge in [-0.25, -0.2) is 17.8 Å². The van der Waals surface area contributed by atoms with E-state index in [0.29, 0.717) is 22.5 Å². The number of aromatic nitrogens is 3. The van der Waals surface area contributed by atoms with Crippen LogP contribution in [0.3, 0.4) is 0 Å². The standard InChI is InChI=1S/C25H19FN4O3S/c1-33-23-11-10-20(34(31,32)30-19-9-5-8-18(26)13-19)14-21(23)17-12-22-24(16-6-3-2-4-7-16)28-29-25(22)27-15-17/h2-15,30H,1H3,(H,27,28,29). The van der Waals surface area contributed by atoms with E-state index in [2.05, 4.69) is 19.9 Å². The van der Waals surface area contributed by atoms with E-state index in [9.17, 15) is 12.8 Å². The van der Waals surface area contributed by atoms with E-state index >= 15 is 0 Å². The number of benzene rings is 3. The van der Waals surface area contributed by atoms with Gasteiger partial charge in [0.05, 0.1) is 23.4 Å². The number of halogens is 1. The third-order valence-electron chi connectivity index (χ3n) is 5.34. The van der Waals surface area contributed by atoms with Crippen molar-refractivity contribution in [3.63, 3.8) is 0 Å². The maximum Gasteiger partial charge on any atom is 0.261 e. The van der Waals surface area contributed by atoms with Crippen molar-refractivity contribution in [1.82, 2.24) is 15.2 Å². The predicted octanol–water partition coefficient (Wildman–Crippen LogP) is 5.24. The van der Waals surface area contributed by atoms with Crippen molar-refractivity contribution in [1.29, 1.82) is 0 Å². The highest BCUT2D eigenvalue weighted by Crippen LogP contribution is 2.35. The van der Waals surface area contributed by atoms with Gasteiger partial charge in [0.25, 0.3) is 10.0 Å². The molecule has 0 aliphatic carbocycles. The molecular formula is C25H19FN4O3S. The summed E-state index contributed by atoms with van der Waals surface area (Å²) in [6.45, 7) is 0. The molecule has 7 nitrogen and oxygen atoms in total. The lowest BCUT2D eigenvalue weighted by Crippen LogP contribution is -2.13. The number of sulfonamides is 1. The van der Waals surface area contributed by atoms with E-state index < -0.39 is 15.8 Å². The first-order valence-electron chi connectivity index (χ1n) is 10.3. The Morgan fingerprint density at radius 2 is 1.76 bits per heavy atom. The van der Waals surface area contributed by atoms with Gasteiger partial charge in [0, 0.05) is 28.3 Å². The molecule has 0 aliphatic rings. The van der Waals surface area contributed by atoms with Gasteiger partial charge < -0.3 is 4.74 Å². The van der Waals surface area contributed by atoms with Crippen molar-refractivity contribution < 1.29 is 17.5 Å². The highest BCUT2D eigenvalue weighted by atomic mass is 32.2. The molecule has 0 spiro atoms. The fourth-order valence-electron chi connectivity index (χ4n) is 3.72. The summed E-state index contributed by atoms with van der Waals surface area (Å²) in [5.74, 6) is -0.0556. The van der Waals surface area contributed by atoms with Gasteiger partial charge in [0.2, 0.25) is 0 Å². The van der Waals surface area contributed by atoms with E-state index in [1.807, 2.05) is 36.4 Å². The van der Waals surface area contributed by atoms with Crippen LogP contribution in [0.4, 0.5) is 10.1 Å². The van der Waals surface area contributed by atoms with E-state index in [1.165, 1.54) is 37.4 Å². The number of nitrogens with one attached hydrogen (secondary N) is 2. The van der Waals surface area contributed by atoms with Crippen LogP contribution in [-0.4, -0.2) is 30.7 Å². The van der Waals surface area contributed by atoms with Gasteiger partial charge in [-0.1, -0.05) is 36.4 Å². The number of rotatable bonds is 6. The van der Waals surface area contributed by atoms with Crippen LogP contribution in [0.1, 0.15) is 0 Å². The molecule has 170 valence electrons. The van der Waals surface area contributed by atoms with Crippen LogP contribution in [-0.2, 0) is 10.0 Å². The Bertz CT molecular complexity index is 1600. The number of hydrogen-bond acceptors (Lipinski definition) is 5. The molecule has 0 unspecified atom stereocenters. The van der Waals surface area contributed by atoms with Crippen LogP contribution in [0, 0.1) is 5.82 Å². The van der Waals surface area contributed by atoms with Crippen LogP contribution < -0.4 is 9.46 Å². The second kappa shape index (κ2) is 8.60. The third-order valence-corrected chi connectivity index (χ3v) is 6.72. The van der Waals surface area contributed by atoms with Gasteiger partial charge in [-0.05, 0) is 42.5 Å². The smallest absolute Gasteiger partial charge is 0.261 e. The lowest BCUT2D eigenvalue weighted by Gasteiger charge is -2.13. The SMILES string of the molecule is COc1ccc(S(=O)(=O)Nc2cccc(F)c2)cc1-c1cnc2n[nH]c(-c3ccccc3)c2c1. The second-order valence-electron chi connectivity index (χ2n) is 7.54. The van der Waals surface area contributed by atoms with Gasteiger partial charge in [-0.2, -0.15) is 5.10 Å². The predicted molar refractivity (Wildman–Crippen MR) is 129 cm³/mol.